The lowest BCUT2D eigenvalue weighted by Crippen LogP contribution is -2.47. The fraction of sp³-hybridized carbons (Fsp3) is 1.00. The molecule has 0 bridgehead atoms. The first kappa shape index (κ1) is 14.8. The minimum Gasteiger partial charge on any atom is -0.330 e. The molecule has 5 nitrogen and oxygen atoms in total. The minimum absolute atomic E-state index is 0.104. The van der Waals surface area contributed by atoms with Gasteiger partial charge in [-0.15, -0.1) is 0 Å². The highest BCUT2D eigenvalue weighted by molar-refractivity contribution is 7.87. The van der Waals surface area contributed by atoms with E-state index in [0.29, 0.717) is 13.0 Å². The molecule has 0 aromatic heterocycles. The van der Waals surface area contributed by atoms with Gasteiger partial charge >= 0.3 is 0 Å². The molecule has 0 aliphatic carbocycles. The molecule has 0 aliphatic rings. The van der Waals surface area contributed by atoms with Crippen LogP contribution in [0.1, 0.15) is 34.1 Å². The number of rotatable bonds is 7. The summed E-state index contributed by atoms with van der Waals surface area (Å²) in [5, 5.41) is 0. The van der Waals surface area contributed by atoms with Gasteiger partial charge in [-0.3, -0.25) is 0 Å². The maximum Gasteiger partial charge on any atom is 0.277 e. The Morgan fingerprint density at radius 3 is 2.00 bits per heavy atom. The van der Waals surface area contributed by atoms with Gasteiger partial charge in [0.2, 0.25) is 0 Å². The fourth-order valence-electron chi connectivity index (χ4n) is 1.25. The molecule has 1 unspecified atom stereocenters. The van der Waals surface area contributed by atoms with E-state index in [0.717, 1.165) is 0 Å². The molecule has 1 atom stereocenters. The van der Waals surface area contributed by atoms with Crippen LogP contribution < -0.4 is 15.2 Å². The van der Waals surface area contributed by atoms with Gasteiger partial charge in [0.25, 0.3) is 10.2 Å². The van der Waals surface area contributed by atoms with E-state index in [1.807, 2.05) is 13.8 Å². The summed E-state index contributed by atoms with van der Waals surface area (Å²) in [7, 11) is -3.40. The first-order valence-corrected chi connectivity index (χ1v) is 6.76. The molecule has 0 saturated heterocycles. The van der Waals surface area contributed by atoms with Crippen molar-refractivity contribution >= 4 is 10.2 Å². The average Bonchev–Trinajstić information content (AvgIpc) is 2.00. The van der Waals surface area contributed by atoms with Gasteiger partial charge in [-0.1, -0.05) is 13.8 Å². The Labute approximate surface area is 93.0 Å². The zero-order valence-corrected chi connectivity index (χ0v) is 10.8. The lowest BCUT2D eigenvalue weighted by atomic mass is 10.0. The van der Waals surface area contributed by atoms with Crippen molar-refractivity contribution < 1.29 is 8.42 Å². The van der Waals surface area contributed by atoms with Crippen LogP contribution in [0.25, 0.3) is 0 Å². The molecule has 0 heterocycles. The molecular weight excluding hydrogens is 214 g/mol. The summed E-state index contributed by atoms with van der Waals surface area (Å²) in [5.41, 5.74) is 5.43. The van der Waals surface area contributed by atoms with Crippen molar-refractivity contribution in [3.8, 4) is 0 Å². The third kappa shape index (κ3) is 6.83. The van der Waals surface area contributed by atoms with Crippen molar-refractivity contribution in [2.24, 2.45) is 11.7 Å². The molecule has 0 spiro atoms. The molecule has 0 amide bonds. The van der Waals surface area contributed by atoms with Crippen LogP contribution in [0.5, 0.6) is 0 Å². The Bertz CT molecular complexity index is 263. The van der Waals surface area contributed by atoms with Crippen LogP contribution in [0, 0.1) is 5.92 Å². The van der Waals surface area contributed by atoms with Crippen molar-refractivity contribution in [2.45, 2.75) is 46.2 Å². The fourth-order valence-corrected chi connectivity index (χ4v) is 2.73. The van der Waals surface area contributed by atoms with E-state index in [4.69, 9.17) is 5.73 Å². The van der Waals surface area contributed by atoms with E-state index < -0.39 is 10.2 Å². The van der Waals surface area contributed by atoms with Gasteiger partial charge in [0.15, 0.2) is 0 Å². The zero-order chi connectivity index (χ0) is 12.1. The topological polar surface area (TPSA) is 84.2 Å². The third-order valence-corrected chi connectivity index (χ3v) is 3.37. The van der Waals surface area contributed by atoms with E-state index in [2.05, 4.69) is 9.44 Å². The van der Waals surface area contributed by atoms with E-state index >= 15 is 0 Å². The highest BCUT2D eigenvalue weighted by Crippen LogP contribution is 2.06. The normalized spacial score (nSPS) is 14.9. The maximum atomic E-state index is 11.6. The van der Waals surface area contributed by atoms with Crippen molar-refractivity contribution in [1.82, 2.24) is 9.44 Å². The Morgan fingerprint density at radius 2 is 1.67 bits per heavy atom. The van der Waals surface area contributed by atoms with Gasteiger partial charge in [0, 0.05) is 12.1 Å². The van der Waals surface area contributed by atoms with Crippen molar-refractivity contribution in [3.63, 3.8) is 0 Å². The summed E-state index contributed by atoms with van der Waals surface area (Å²) in [6.45, 7) is 7.99. The van der Waals surface area contributed by atoms with Crippen LogP contribution in [-0.4, -0.2) is 27.0 Å². The molecule has 6 heteroatoms. The van der Waals surface area contributed by atoms with Crippen LogP contribution in [0.4, 0.5) is 0 Å². The van der Waals surface area contributed by atoms with Gasteiger partial charge in [0.05, 0.1) is 0 Å². The first-order chi connectivity index (χ1) is 6.78. The SMILES string of the molecule is CC(C)NS(=O)(=O)NC(CCN)C(C)C. The first-order valence-electron chi connectivity index (χ1n) is 5.28. The summed E-state index contributed by atoms with van der Waals surface area (Å²) in [6, 6.07) is -0.209. The van der Waals surface area contributed by atoms with Gasteiger partial charge in [-0.25, -0.2) is 0 Å². The second kappa shape index (κ2) is 6.42. The summed E-state index contributed by atoms with van der Waals surface area (Å²) in [6.07, 6.45) is 0.649. The van der Waals surface area contributed by atoms with E-state index in [1.54, 1.807) is 13.8 Å². The summed E-state index contributed by atoms with van der Waals surface area (Å²) >= 11 is 0. The Kier molecular flexibility index (Phi) is 6.35. The number of hydrogen-bond donors (Lipinski definition) is 3. The maximum absolute atomic E-state index is 11.6. The average molecular weight is 237 g/mol. The summed E-state index contributed by atoms with van der Waals surface area (Å²) < 4.78 is 28.2. The van der Waals surface area contributed by atoms with Gasteiger partial charge in [-0.2, -0.15) is 17.9 Å². The van der Waals surface area contributed by atoms with Crippen molar-refractivity contribution in [1.29, 1.82) is 0 Å². The zero-order valence-electron chi connectivity index (χ0n) is 9.95. The molecule has 0 aromatic carbocycles. The Balaban J connectivity index is 4.39. The molecule has 0 aromatic rings. The second-order valence-corrected chi connectivity index (χ2v) is 5.80. The molecule has 4 N–H and O–H groups in total. The Morgan fingerprint density at radius 1 is 1.13 bits per heavy atom. The smallest absolute Gasteiger partial charge is 0.277 e. The second-order valence-electron chi connectivity index (χ2n) is 4.32. The predicted octanol–water partition coefficient (Wildman–Crippen LogP) is 0.192. The molecule has 15 heavy (non-hydrogen) atoms. The lowest BCUT2D eigenvalue weighted by molar-refractivity contribution is 0.424. The van der Waals surface area contributed by atoms with E-state index in [-0.39, 0.29) is 18.0 Å². The molecular formula is C9H23N3O2S. The van der Waals surface area contributed by atoms with Crippen molar-refractivity contribution in [2.75, 3.05) is 6.54 Å². The molecule has 92 valence electrons. The minimum atomic E-state index is -3.40. The van der Waals surface area contributed by atoms with Crippen LogP contribution in [0.3, 0.4) is 0 Å². The molecule has 0 radical (unpaired) electrons. The number of nitrogens with one attached hydrogen (secondary N) is 2. The monoisotopic (exact) mass is 237 g/mol. The van der Waals surface area contributed by atoms with Crippen LogP contribution in [0.15, 0.2) is 0 Å². The van der Waals surface area contributed by atoms with Gasteiger partial charge in [0.1, 0.15) is 0 Å². The quantitative estimate of drug-likeness (QED) is 0.591. The molecule has 0 saturated carbocycles. The third-order valence-electron chi connectivity index (χ3n) is 1.98. The van der Waals surface area contributed by atoms with Crippen LogP contribution in [-0.2, 0) is 10.2 Å². The van der Waals surface area contributed by atoms with E-state index in [1.165, 1.54) is 0 Å². The van der Waals surface area contributed by atoms with Gasteiger partial charge in [-0.05, 0) is 32.7 Å². The highest BCUT2D eigenvalue weighted by atomic mass is 32.2. The standard InChI is InChI=1S/C9H23N3O2S/c1-7(2)9(5-6-10)12-15(13,14)11-8(3)4/h7-9,11-12H,5-6,10H2,1-4H3. The highest BCUT2D eigenvalue weighted by Gasteiger charge is 2.20. The Hall–Kier alpha value is -0.170. The molecule has 0 fully saturated rings. The predicted molar refractivity (Wildman–Crippen MR) is 62.6 cm³/mol. The number of nitrogens with two attached hydrogens (primary N) is 1. The lowest BCUT2D eigenvalue weighted by Gasteiger charge is -2.22. The van der Waals surface area contributed by atoms with E-state index in [9.17, 15) is 8.42 Å². The largest absolute Gasteiger partial charge is 0.330 e. The summed E-state index contributed by atoms with van der Waals surface area (Å²) in [5.74, 6) is 0.234. The molecule has 0 aliphatic heterocycles. The van der Waals surface area contributed by atoms with Crippen molar-refractivity contribution in [3.05, 3.63) is 0 Å². The summed E-state index contributed by atoms with van der Waals surface area (Å²) in [4.78, 5) is 0. The molecule has 0 rings (SSSR count). The van der Waals surface area contributed by atoms with Gasteiger partial charge < -0.3 is 5.73 Å². The van der Waals surface area contributed by atoms with Crippen LogP contribution >= 0.6 is 0 Å². The van der Waals surface area contributed by atoms with Crippen LogP contribution in [0.2, 0.25) is 0 Å². The number of hydrogen-bond acceptors (Lipinski definition) is 3.